The minimum absolute atomic E-state index is 0.0289. The number of anilines is 2. The Bertz CT molecular complexity index is 494. The summed E-state index contributed by atoms with van der Waals surface area (Å²) in [6.07, 6.45) is 1.82. The number of nitrogens with zero attached hydrogens (tertiary/aromatic N) is 2. The van der Waals surface area contributed by atoms with E-state index in [1.165, 1.54) is 0 Å². The van der Waals surface area contributed by atoms with Crippen molar-refractivity contribution in [1.29, 1.82) is 0 Å². The molecular weight excluding hydrogens is 222 g/mol. The van der Waals surface area contributed by atoms with Crippen LogP contribution in [0.2, 0.25) is 0 Å². The molecule has 0 spiro atoms. The van der Waals surface area contributed by atoms with Crippen molar-refractivity contribution in [3.05, 3.63) is 54.2 Å². The maximum absolute atomic E-state index is 5.92. The van der Waals surface area contributed by atoms with Crippen molar-refractivity contribution in [1.82, 2.24) is 4.98 Å². The van der Waals surface area contributed by atoms with Crippen LogP contribution in [-0.4, -0.2) is 11.5 Å². The molecule has 3 nitrogen and oxygen atoms in total. The number of benzene rings is 1. The van der Waals surface area contributed by atoms with Gasteiger partial charge in [0.2, 0.25) is 0 Å². The SMILES string of the molecule is CCN(c1ccccc1)c1cc([C@@H](C)N)ccn1. The summed E-state index contributed by atoms with van der Waals surface area (Å²) < 4.78 is 0. The van der Waals surface area contributed by atoms with Gasteiger partial charge in [-0.3, -0.25) is 0 Å². The number of hydrogen-bond acceptors (Lipinski definition) is 3. The number of nitrogens with two attached hydrogens (primary N) is 1. The van der Waals surface area contributed by atoms with E-state index in [0.717, 1.165) is 23.6 Å². The summed E-state index contributed by atoms with van der Waals surface area (Å²) in [6.45, 7) is 4.98. The number of para-hydroxylation sites is 1. The highest BCUT2D eigenvalue weighted by Crippen LogP contribution is 2.24. The normalized spacial score (nSPS) is 12.2. The average Bonchev–Trinajstić information content (AvgIpc) is 2.41. The molecule has 0 radical (unpaired) electrons. The highest BCUT2D eigenvalue weighted by molar-refractivity contribution is 5.60. The van der Waals surface area contributed by atoms with Gasteiger partial charge in [-0.15, -0.1) is 0 Å². The molecule has 0 unspecified atom stereocenters. The molecule has 2 N–H and O–H groups in total. The predicted octanol–water partition coefficient (Wildman–Crippen LogP) is 3.26. The van der Waals surface area contributed by atoms with E-state index < -0.39 is 0 Å². The molecule has 0 aliphatic carbocycles. The lowest BCUT2D eigenvalue weighted by Gasteiger charge is -2.22. The van der Waals surface area contributed by atoms with Crippen LogP contribution in [0.1, 0.15) is 25.5 Å². The van der Waals surface area contributed by atoms with Crippen LogP contribution >= 0.6 is 0 Å². The largest absolute Gasteiger partial charge is 0.327 e. The Balaban J connectivity index is 2.36. The van der Waals surface area contributed by atoms with Crippen molar-refractivity contribution >= 4 is 11.5 Å². The van der Waals surface area contributed by atoms with Gasteiger partial charge in [0.1, 0.15) is 5.82 Å². The van der Waals surface area contributed by atoms with E-state index in [-0.39, 0.29) is 6.04 Å². The predicted molar refractivity (Wildman–Crippen MR) is 76.0 cm³/mol. The summed E-state index contributed by atoms with van der Waals surface area (Å²) >= 11 is 0. The van der Waals surface area contributed by atoms with Gasteiger partial charge >= 0.3 is 0 Å². The van der Waals surface area contributed by atoms with E-state index in [1.54, 1.807) is 0 Å². The number of rotatable bonds is 4. The van der Waals surface area contributed by atoms with E-state index in [2.05, 4.69) is 35.0 Å². The Morgan fingerprint density at radius 3 is 2.56 bits per heavy atom. The number of hydrogen-bond donors (Lipinski definition) is 1. The molecule has 3 heteroatoms. The summed E-state index contributed by atoms with van der Waals surface area (Å²) in [4.78, 5) is 6.61. The molecule has 2 rings (SSSR count). The molecule has 0 amide bonds. The Labute approximate surface area is 108 Å². The van der Waals surface area contributed by atoms with Gasteiger partial charge in [0.25, 0.3) is 0 Å². The zero-order valence-corrected chi connectivity index (χ0v) is 10.9. The minimum atomic E-state index is 0.0289. The highest BCUT2D eigenvalue weighted by atomic mass is 15.2. The summed E-state index contributed by atoms with van der Waals surface area (Å²) in [5.74, 6) is 0.943. The monoisotopic (exact) mass is 241 g/mol. The molecule has 1 aromatic carbocycles. The smallest absolute Gasteiger partial charge is 0.133 e. The molecule has 2 aromatic rings. The van der Waals surface area contributed by atoms with Crippen molar-refractivity contribution in [3.8, 4) is 0 Å². The van der Waals surface area contributed by atoms with Gasteiger partial charge in [0, 0.05) is 24.5 Å². The van der Waals surface area contributed by atoms with Crippen molar-refractivity contribution in [2.45, 2.75) is 19.9 Å². The zero-order chi connectivity index (χ0) is 13.0. The molecule has 1 aromatic heterocycles. The first-order valence-electron chi connectivity index (χ1n) is 6.26. The van der Waals surface area contributed by atoms with Gasteiger partial charge in [0.15, 0.2) is 0 Å². The van der Waals surface area contributed by atoms with Gasteiger partial charge in [-0.05, 0) is 43.7 Å². The Kier molecular flexibility index (Phi) is 3.95. The first kappa shape index (κ1) is 12.6. The fourth-order valence-corrected chi connectivity index (χ4v) is 1.95. The second-order valence-corrected chi connectivity index (χ2v) is 4.32. The first-order chi connectivity index (χ1) is 8.72. The first-order valence-corrected chi connectivity index (χ1v) is 6.26. The average molecular weight is 241 g/mol. The van der Waals surface area contributed by atoms with Crippen LogP contribution in [0.5, 0.6) is 0 Å². The lowest BCUT2D eigenvalue weighted by atomic mass is 10.1. The Morgan fingerprint density at radius 2 is 1.94 bits per heavy atom. The Hall–Kier alpha value is -1.87. The molecule has 0 saturated carbocycles. The van der Waals surface area contributed by atoms with E-state index in [9.17, 15) is 0 Å². The summed E-state index contributed by atoms with van der Waals surface area (Å²) in [5, 5.41) is 0. The second-order valence-electron chi connectivity index (χ2n) is 4.32. The van der Waals surface area contributed by atoms with E-state index in [4.69, 9.17) is 5.73 Å². The Morgan fingerprint density at radius 1 is 1.22 bits per heavy atom. The lowest BCUT2D eigenvalue weighted by molar-refractivity contribution is 0.813. The summed E-state index contributed by atoms with van der Waals surface area (Å²) in [5.41, 5.74) is 8.17. The van der Waals surface area contributed by atoms with E-state index >= 15 is 0 Å². The third kappa shape index (κ3) is 2.68. The van der Waals surface area contributed by atoms with Crippen LogP contribution in [0.3, 0.4) is 0 Å². The molecule has 1 atom stereocenters. The lowest BCUT2D eigenvalue weighted by Crippen LogP contribution is -2.18. The molecule has 18 heavy (non-hydrogen) atoms. The second kappa shape index (κ2) is 5.65. The van der Waals surface area contributed by atoms with E-state index in [0.29, 0.717) is 0 Å². The fourth-order valence-electron chi connectivity index (χ4n) is 1.95. The quantitative estimate of drug-likeness (QED) is 0.893. The van der Waals surface area contributed by atoms with Crippen LogP contribution < -0.4 is 10.6 Å². The minimum Gasteiger partial charge on any atom is -0.327 e. The summed E-state index contributed by atoms with van der Waals surface area (Å²) in [7, 11) is 0. The maximum Gasteiger partial charge on any atom is 0.133 e. The zero-order valence-electron chi connectivity index (χ0n) is 10.9. The molecule has 94 valence electrons. The van der Waals surface area contributed by atoms with Gasteiger partial charge in [0.05, 0.1) is 0 Å². The maximum atomic E-state index is 5.92. The van der Waals surface area contributed by atoms with Crippen molar-refractivity contribution < 1.29 is 0 Å². The molecular formula is C15H19N3. The molecule has 0 bridgehead atoms. The van der Waals surface area contributed by atoms with Crippen LogP contribution in [-0.2, 0) is 0 Å². The third-order valence-electron chi connectivity index (χ3n) is 2.96. The van der Waals surface area contributed by atoms with Gasteiger partial charge in [-0.25, -0.2) is 4.98 Å². The van der Waals surface area contributed by atoms with Gasteiger partial charge in [-0.2, -0.15) is 0 Å². The van der Waals surface area contributed by atoms with Crippen molar-refractivity contribution in [2.75, 3.05) is 11.4 Å². The topological polar surface area (TPSA) is 42.1 Å². The standard InChI is InChI=1S/C15H19N3/c1-3-18(14-7-5-4-6-8-14)15-11-13(12(2)16)9-10-17-15/h4-12H,3,16H2,1-2H3/t12-/m1/s1. The third-order valence-corrected chi connectivity index (χ3v) is 2.96. The van der Waals surface area contributed by atoms with Gasteiger partial charge < -0.3 is 10.6 Å². The summed E-state index contributed by atoms with van der Waals surface area (Å²) in [6, 6.07) is 14.3. The van der Waals surface area contributed by atoms with E-state index in [1.807, 2.05) is 37.4 Å². The van der Waals surface area contributed by atoms with Crippen LogP contribution in [0.15, 0.2) is 48.7 Å². The highest BCUT2D eigenvalue weighted by Gasteiger charge is 2.09. The number of pyridine rings is 1. The van der Waals surface area contributed by atoms with Crippen molar-refractivity contribution in [3.63, 3.8) is 0 Å². The molecule has 0 fully saturated rings. The van der Waals surface area contributed by atoms with Crippen LogP contribution in [0, 0.1) is 0 Å². The van der Waals surface area contributed by atoms with Crippen molar-refractivity contribution in [2.24, 2.45) is 5.73 Å². The molecule has 1 heterocycles. The molecule has 0 aliphatic heterocycles. The number of aromatic nitrogens is 1. The van der Waals surface area contributed by atoms with Crippen LogP contribution in [0.25, 0.3) is 0 Å². The molecule has 0 aliphatic rings. The fraction of sp³-hybridized carbons (Fsp3) is 0.267. The van der Waals surface area contributed by atoms with Crippen LogP contribution in [0.4, 0.5) is 11.5 Å². The molecule has 0 saturated heterocycles. The van der Waals surface area contributed by atoms with Gasteiger partial charge in [-0.1, -0.05) is 18.2 Å².